The third-order valence-electron chi connectivity index (χ3n) is 2.98. The van der Waals surface area contributed by atoms with Crippen LogP contribution in [0.1, 0.15) is 24.5 Å². The molecule has 1 aliphatic heterocycles. The van der Waals surface area contributed by atoms with Gasteiger partial charge in [-0.25, -0.2) is 4.39 Å². The molecule has 1 aromatic rings. The molecule has 1 aliphatic rings. The minimum Gasteiger partial charge on any atom is -0.313 e. The van der Waals surface area contributed by atoms with E-state index >= 15 is 0 Å². The van der Waals surface area contributed by atoms with Crippen LogP contribution in [0.5, 0.6) is 0 Å². The maximum atomic E-state index is 14.2. The molecule has 1 nitrogen and oxygen atoms in total. The Balaban J connectivity index is 0.00000112. The van der Waals surface area contributed by atoms with Gasteiger partial charge in [-0.15, -0.1) is 12.4 Å². The molecule has 3 heteroatoms. The van der Waals surface area contributed by atoms with E-state index in [4.69, 9.17) is 0 Å². The molecule has 1 atom stereocenters. The summed E-state index contributed by atoms with van der Waals surface area (Å²) < 4.78 is 14.2. The van der Waals surface area contributed by atoms with Gasteiger partial charge in [0.05, 0.1) is 0 Å². The van der Waals surface area contributed by atoms with Crippen molar-refractivity contribution in [1.82, 2.24) is 5.32 Å². The quantitative estimate of drug-likeness (QED) is 0.823. The number of alkyl halides is 1. The van der Waals surface area contributed by atoms with E-state index in [1.54, 1.807) is 0 Å². The van der Waals surface area contributed by atoms with E-state index in [1.807, 2.05) is 24.3 Å². The van der Waals surface area contributed by atoms with Gasteiger partial charge in [0.1, 0.15) is 5.67 Å². The third-order valence-corrected chi connectivity index (χ3v) is 2.98. The fourth-order valence-corrected chi connectivity index (χ4v) is 1.95. The van der Waals surface area contributed by atoms with Crippen molar-refractivity contribution >= 4 is 12.4 Å². The largest absolute Gasteiger partial charge is 0.313 e. The summed E-state index contributed by atoms with van der Waals surface area (Å²) in [6.45, 7) is 3.35. The SMILES string of the molecule is CCc1ccc(C2(F)CCNC2)cc1.Cl. The van der Waals surface area contributed by atoms with Gasteiger partial charge in [0, 0.05) is 6.54 Å². The molecule has 0 spiro atoms. The zero-order valence-corrected chi connectivity index (χ0v) is 9.74. The first-order valence-electron chi connectivity index (χ1n) is 5.24. The second kappa shape index (κ2) is 4.95. The van der Waals surface area contributed by atoms with Crippen molar-refractivity contribution in [3.63, 3.8) is 0 Å². The lowest BCUT2D eigenvalue weighted by molar-refractivity contribution is 0.193. The Morgan fingerprint density at radius 3 is 2.47 bits per heavy atom. The number of hydrogen-bond donors (Lipinski definition) is 1. The molecule has 1 aromatic carbocycles. The predicted molar refractivity (Wildman–Crippen MR) is 63.3 cm³/mol. The molecular formula is C12H17ClFN. The van der Waals surface area contributed by atoms with Gasteiger partial charge in [-0.3, -0.25) is 0 Å². The van der Waals surface area contributed by atoms with Crippen molar-refractivity contribution in [1.29, 1.82) is 0 Å². The molecule has 1 unspecified atom stereocenters. The summed E-state index contributed by atoms with van der Waals surface area (Å²) in [5, 5.41) is 3.06. The van der Waals surface area contributed by atoms with Crippen molar-refractivity contribution < 1.29 is 4.39 Å². The second-order valence-electron chi connectivity index (χ2n) is 3.94. The van der Waals surface area contributed by atoms with E-state index in [2.05, 4.69) is 12.2 Å². The molecular weight excluding hydrogens is 213 g/mol. The fourth-order valence-electron chi connectivity index (χ4n) is 1.95. The summed E-state index contributed by atoms with van der Waals surface area (Å²) in [6, 6.07) is 7.89. The van der Waals surface area contributed by atoms with E-state index in [9.17, 15) is 4.39 Å². The molecule has 2 rings (SSSR count). The summed E-state index contributed by atoms with van der Waals surface area (Å²) in [7, 11) is 0. The van der Waals surface area contributed by atoms with Crippen molar-refractivity contribution in [3.05, 3.63) is 35.4 Å². The van der Waals surface area contributed by atoms with Crippen molar-refractivity contribution in [2.24, 2.45) is 0 Å². The molecule has 1 heterocycles. The second-order valence-corrected chi connectivity index (χ2v) is 3.94. The van der Waals surface area contributed by atoms with E-state index in [0.717, 1.165) is 18.5 Å². The van der Waals surface area contributed by atoms with E-state index < -0.39 is 5.67 Å². The van der Waals surface area contributed by atoms with Crippen molar-refractivity contribution in [2.75, 3.05) is 13.1 Å². The number of rotatable bonds is 2. The van der Waals surface area contributed by atoms with Gasteiger partial charge in [-0.05, 0) is 30.5 Å². The first kappa shape index (κ1) is 12.5. The number of aryl methyl sites for hydroxylation is 1. The minimum atomic E-state index is -1.13. The van der Waals surface area contributed by atoms with Crippen LogP contribution < -0.4 is 5.32 Å². The van der Waals surface area contributed by atoms with Gasteiger partial charge in [0.15, 0.2) is 0 Å². The van der Waals surface area contributed by atoms with Crippen LogP contribution in [0.15, 0.2) is 24.3 Å². The van der Waals surface area contributed by atoms with Gasteiger partial charge in [-0.1, -0.05) is 31.2 Å². The van der Waals surface area contributed by atoms with Crippen LogP contribution in [-0.2, 0) is 12.1 Å². The standard InChI is InChI=1S/C12H16FN.ClH/c1-2-10-3-5-11(6-4-10)12(13)7-8-14-9-12;/h3-6,14H,2,7-9H2,1H3;1H. The van der Waals surface area contributed by atoms with Gasteiger partial charge in [0.2, 0.25) is 0 Å². The molecule has 1 saturated heterocycles. The Morgan fingerprint density at radius 1 is 1.33 bits per heavy atom. The molecule has 1 fully saturated rings. The van der Waals surface area contributed by atoms with E-state index in [0.29, 0.717) is 13.0 Å². The zero-order chi connectivity index (χ0) is 10.0. The lowest BCUT2D eigenvalue weighted by atomic mass is 9.94. The highest BCUT2D eigenvalue weighted by Gasteiger charge is 2.35. The summed E-state index contributed by atoms with van der Waals surface area (Å²) in [5.41, 5.74) is 0.953. The fraction of sp³-hybridized carbons (Fsp3) is 0.500. The highest BCUT2D eigenvalue weighted by Crippen LogP contribution is 2.32. The van der Waals surface area contributed by atoms with Crippen LogP contribution in [-0.4, -0.2) is 13.1 Å². The molecule has 0 aromatic heterocycles. The topological polar surface area (TPSA) is 12.0 Å². The Bertz CT molecular complexity index is 304. The van der Waals surface area contributed by atoms with Crippen molar-refractivity contribution in [2.45, 2.75) is 25.4 Å². The average Bonchev–Trinajstić information content (AvgIpc) is 2.67. The number of halogens is 2. The van der Waals surface area contributed by atoms with E-state index in [1.165, 1.54) is 5.56 Å². The summed E-state index contributed by atoms with van der Waals surface area (Å²) in [4.78, 5) is 0. The van der Waals surface area contributed by atoms with Crippen LogP contribution in [0, 0.1) is 0 Å². The van der Waals surface area contributed by atoms with Gasteiger partial charge < -0.3 is 5.32 Å². The van der Waals surface area contributed by atoms with Crippen LogP contribution >= 0.6 is 12.4 Å². The smallest absolute Gasteiger partial charge is 0.149 e. The molecule has 0 radical (unpaired) electrons. The minimum absolute atomic E-state index is 0. The lowest BCUT2D eigenvalue weighted by Gasteiger charge is -2.18. The highest BCUT2D eigenvalue weighted by atomic mass is 35.5. The average molecular weight is 230 g/mol. The normalized spacial score (nSPS) is 24.9. The summed E-state index contributed by atoms with van der Waals surface area (Å²) in [6.07, 6.45) is 1.61. The lowest BCUT2D eigenvalue weighted by Crippen LogP contribution is -2.23. The first-order valence-corrected chi connectivity index (χ1v) is 5.24. The molecule has 0 aliphatic carbocycles. The highest BCUT2D eigenvalue weighted by molar-refractivity contribution is 5.85. The molecule has 84 valence electrons. The van der Waals surface area contributed by atoms with Crippen LogP contribution in [0.25, 0.3) is 0 Å². The third kappa shape index (κ3) is 2.50. The molecule has 0 amide bonds. The first-order chi connectivity index (χ1) is 6.74. The monoisotopic (exact) mass is 229 g/mol. The van der Waals surface area contributed by atoms with Crippen LogP contribution in [0.3, 0.4) is 0 Å². The van der Waals surface area contributed by atoms with Crippen molar-refractivity contribution in [3.8, 4) is 0 Å². The van der Waals surface area contributed by atoms with Crippen LogP contribution in [0.4, 0.5) is 4.39 Å². The molecule has 1 N–H and O–H groups in total. The van der Waals surface area contributed by atoms with Gasteiger partial charge in [-0.2, -0.15) is 0 Å². The van der Waals surface area contributed by atoms with Gasteiger partial charge >= 0.3 is 0 Å². The van der Waals surface area contributed by atoms with Gasteiger partial charge in [0.25, 0.3) is 0 Å². The number of nitrogens with one attached hydrogen (secondary N) is 1. The number of benzene rings is 1. The molecule has 0 saturated carbocycles. The molecule has 0 bridgehead atoms. The Hall–Kier alpha value is -0.600. The predicted octanol–water partition coefficient (Wildman–Crippen LogP) is 2.83. The zero-order valence-electron chi connectivity index (χ0n) is 8.92. The van der Waals surface area contributed by atoms with Crippen LogP contribution in [0.2, 0.25) is 0 Å². The Morgan fingerprint density at radius 2 is 2.00 bits per heavy atom. The summed E-state index contributed by atoms with van der Waals surface area (Å²) in [5.74, 6) is 0. The molecule has 15 heavy (non-hydrogen) atoms. The maximum absolute atomic E-state index is 14.2. The summed E-state index contributed by atoms with van der Waals surface area (Å²) >= 11 is 0. The maximum Gasteiger partial charge on any atom is 0.149 e. The number of hydrogen-bond acceptors (Lipinski definition) is 1. The Labute approximate surface area is 96.5 Å². The Kier molecular flexibility index (Phi) is 4.12. The van der Waals surface area contributed by atoms with E-state index in [-0.39, 0.29) is 12.4 Å².